The summed E-state index contributed by atoms with van der Waals surface area (Å²) in [5, 5.41) is 29.2. The molecule has 0 bridgehead atoms. The number of rotatable bonds is 10. The van der Waals surface area contributed by atoms with E-state index in [2.05, 4.69) is 22.8 Å². The molecule has 0 amide bonds. The molecule has 0 spiro atoms. The third kappa shape index (κ3) is 9.12. The molecule has 9 heteroatoms. The average Bonchev–Trinajstić information content (AvgIpc) is 3.12. The number of nitrogens with zero attached hydrogens (tertiary/aromatic N) is 3. The van der Waals surface area contributed by atoms with Crippen LogP contribution < -0.4 is 0 Å². The molecule has 0 fully saturated rings. The van der Waals surface area contributed by atoms with Gasteiger partial charge in [0.15, 0.2) is 5.12 Å². The maximum absolute atomic E-state index is 11.0. The first-order valence-corrected chi connectivity index (χ1v) is 9.12. The van der Waals surface area contributed by atoms with Gasteiger partial charge in [-0.25, -0.2) is 0 Å². The van der Waals surface area contributed by atoms with Crippen LogP contribution in [0.3, 0.4) is 0 Å². The van der Waals surface area contributed by atoms with Crippen molar-refractivity contribution < 1.29 is 24.6 Å². The Hall–Kier alpha value is -1.78. The summed E-state index contributed by atoms with van der Waals surface area (Å²) >= 11 is 3.77. The second kappa shape index (κ2) is 13.4. The molecule has 2 aromatic rings. The molecule has 1 heterocycles. The van der Waals surface area contributed by atoms with Crippen LogP contribution >= 0.6 is 12.6 Å². The molecule has 0 aliphatic rings. The van der Waals surface area contributed by atoms with Crippen LogP contribution in [0.1, 0.15) is 12.8 Å². The Labute approximate surface area is 164 Å². The highest BCUT2D eigenvalue weighted by Gasteiger charge is 2.15. The van der Waals surface area contributed by atoms with Crippen LogP contribution in [0.25, 0.3) is 11.4 Å². The third-order valence-corrected chi connectivity index (χ3v) is 4.09. The standard InChI is InChI=1S/C12H12N2O2S.C6H15NO3/c1-8(12(15)17)7-10-13-11(14-16-10)9-5-3-2-4-6-9;8-4-1-7(2-5-9)3-6-10/h2-6,8H,7H2,1H3,(H,15,17);8-10H,1-6H2. The fourth-order valence-electron chi connectivity index (χ4n) is 2.15. The number of aromatic nitrogens is 2. The zero-order chi connectivity index (χ0) is 20.1. The minimum Gasteiger partial charge on any atom is -0.395 e. The molecule has 1 aromatic carbocycles. The van der Waals surface area contributed by atoms with Gasteiger partial charge in [0.05, 0.1) is 19.8 Å². The number of aliphatic hydroxyl groups is 3. The molecule has 0 saturated carbocycles. The fourth-order valence-corrected chi connectivity index (χ4v) is 2.24. The normalized spacial score (nSPS) is 11.8. The van der Waals surface area contributed by atoms with Gasteiger partial charge in [-0.3, -0.25) is 9.69 Å². The molecule has 1 atom stereocenters. The number of hydrogen-bond donors (Lipinski definition) is 4. The Morgan fingerprint density at radius 1 is 1.11 bits per heavy atom. The van der Waals surface area contributed by atoms with E-state index in [-0.39, 0.29) is 30.9 Å². The lowest BCUT2D eigenvalue weighted by atomic mass is 10.1. The Balaban J connectivity index is 0.000000314. The Morgan fingerprint density at radius 2 is 1.67 bits per heavy atom. The second-order valence-corrected chi connectivity index (χ2v) is 6.27. The van der Waals surface area contributed by atoms with Crippen molar-refractivity contribution in [2.24, 2.45) is 5.92 Å². The summed E-state index contributed by atoms with van der Waals surface area (Å²) in [4.78, 5) is 17.0. The molecule has 1 aromatic heterocycles. The maximum atomic E-state index is 11.0. The highest BCUT2D eigenvalue weighted by atomic mass is 32.1. The molecule has 27 heavy (non-hydrogen) atoms. The predicted octanol–water partition coefficient (Wildman–Crippen LogP) is 0.637. The lowest BCUT2D eigenvalue weighted by Crippen LogP contribution is -2.32. The smallest absolute Gasteiger partial charge is 0.227 e. The topological polar surface area (TPSA) is 120 Å². The summed E-state index contributed by atoms with van der Waals surface area (Å²) in [6, 6.07) is 9.55. The van der Waals surface area contributed by atoms with Gasteiger partial charge < -0.3 is 19.8 Å². The van der Waals surface area contributed by atoms with Gasteiger partial charge in [0, 0.05) is 37.5 Å². The van der Waals surface area contributed by atoms with Crippen LogP contribution in [-0.2, 0) is 11.2 Å². The van der Waals surface area contributed by atoms with Crippen molar-refractivity contribution in [1.29, 1.82) is 0 Å². The minimum absolute atomic E-state index is 0.0694. The average molecular weight is 397 g/mol. The first-order valence-electron chi connectivity index (χ1n) is 8.67. The quantitative estimate of drug-likeness (QED) is 0.431. The highest BCUT2D eigenvalue weighted by Crippen LogP contribution is 2.16. The SMILES string of the molecule is CC(Cc1nc(-c2ccccc2)no1)C(=O)S.OCCN(CCO)CCO. The van der Waals surface area contributed by atoms with E-state index in [0.29, 0.717) is 37.8 Å². The van der Waals surface area contributed by atoms with Crippen LogP contribution in [0.15, 0.2) is 34.9 Å². The summed E-state index contributed by atoms with van der Waals surface area (Å²) in [5.74, 6) is 0.778. The van der Waals surface area contributed by atoms with E-state index < -0.39 is 0 Å². The van der Waals surface area contributed by atoms with Crippen LogP contribution in [0.4, 0.5) is 0 Å². The lowest BCUT2D eigenvalue weighted by Gasteiger charge is -2.17. The van der Waals surface area contributed by atoms with Crippen LogP contribution in [-0.4, -0.2) is 74.9 Å². The highest BCUT2D eigenvalue weighted by molar-refractivity contribution is 7.96. The number of aliphatic hydroxyl groups excluding tert-OH is 3. The van der Waals surface area contributed by atoms with Crippen molar-refractivity contribution in [3.05, 3.63) is 36.2 Å². The molecular formula is C18H27N3O5S. The van der Waals surface area contributed by atoms with Gasteiger partial charge in [-0.2, -0.15) is 4.98 Å². The fraction of sp³-hybridized carbons (Fsp3) is 0.500. The Bertz CT molecular complexity index is 639. The Kier molecular flexibility index (Phi) is 11.5. The minimum atomic E-state index is -0.220. The number of hydrogen-bond acceptors (Lipinski definition) is 8. The van der Waals surface area contributed by atoms with Gasteiger partial charge in [-0.15, -0.1) is 12.6 Å². The van der Waals surface area contributed by atoms with Gasteiger partial charge in [0.2, 0.25) is 11.7 Å². The van der Waals surface area contributed by atoms with E-state index in [1.165, 1.54) is 0 Å². The van der Waals surface area contributed by atoms with Crippen molar-refractivity contribution in [1.82, 2.24) is 15.0 Å². The number of carbonyl (C=O) groups excluding carboxylic acids is 1. The van der Waals surface area contributed by atoms with E-state index in [0.717, 1.165) is 5.56 Å². The largest absolute Gasteiger partial charge is 0.395 e. The summed E-state index contributed by atoms with van der Waals surface area (Å²) in [5.41, 5.74) is 0.896. The molecule has 2 rings (SSSR count). The van der Waals surface area contributed by atoms with E-state index in [4.69, 9.17) is 19.8 Å². The number of benzene rings is 1. The summed E-state index contributed by atoms with van der Waals surface area (Å²) in [7, 11) is 0. The van der Waals surface area contributed by atoms with Gasteiger partial charge in [-0.1, -0.05) is 42.4 Å². The van der Waals surface area contributed by atoms with Crippen molar-refractivity contribution in [2.75, 3.05) is 39.5 Å². The molecule has 8 nitrogen and oxygen atoms in total. The van der Waals surface area contributed by atoms with E-state index in [9.17, 15) is 4.79 Å². The molecule has 3 N–H and O–H groups in total. The van der Waals surface area contributed by atoms with Gasteiger partial charge in [-0.05, 0) is 0 Å². The maximum Gasteiger partial charge on any atom is 0.227 e. The first-order chi connectivity index (χ1) is 13.0. The van der Waals surface area contributed by atoms with E-state index >= 15 is 0 Å². The monoisotopic (exact) mass is 397 g/mol. The summed E-state index contributed by atoms with van der Waals surface area (Å²) < 4.78 is 5.09. The second-order valence-electron chi connectivity index (χ2n) is 5.83. The van der Waals surface area contributed by atoms with Gasteiger partial charge in [0.1, 0.15) is 0 Å². The number of carbonyl (C=O) groups is 1. The molecule has 0 radical (unpaired) electrons. The first kappa shape index (κ1) is 23.3. The molecule has 150 valence electrons. The molecule has 0 aliphatic carbocycles. The molecule has 0 saturated heterocycles. The number of thiol groups is 1. The van der Waals surface area contributed by atoms with Crippen molar-refractivity contribution in [3.63, 3.8) is 0 Å². The lowest BCUT2D eigenvalue weighted by molar-refractivity contribution is -0.113. The van der Waals surface area contributed by atoms with Crippen LogP contribution in [0, 0.1) is 5.92 Å². The Morgan fingerprint density at radius 3 is 2.15 bits per heavy atom. The van der Waals surface area contributed by atoms with Crippen molar-refractivity contribution in [3.8, 4) is 11.4 Å². The van der Waals surface area contributed by atoms with Crippen LogP contribution in [0.2, 0.25) is 0 Å². The van der Waals surface area contributed by atoms with E-state index in [1.54, 1.807) is 11.8 Å². The zero-order valence-corrected chi connectivity index (χ0v) is 16.3. The predicted molar refractivity (Wildman–Crippen MR) is 104 cm³/mol. The van der Waals surface area contributed by atoms with Crippen molar-refractivity contribution >= 4 is 17.7 Å². The summed E-state index contributed by atoms with van der Waals surface area (Å²) in [6.45, 7) is 3.53. The van der Waals surface area contributed by atoms with Gasteiger partial charge >= 0.3 is 0 Å². The summed E-state index contributed by atoms with van der Waals surface area (Å²) in [6.07, 6.45) is 0.419. The molecular weight excluding hydrogens is 370 g/mol. The van der Waals surface area contributed by atoms with E-state index in [1.807, 2.05) is 30.3 Å². The molecule has 1 unspecified atom stereocenters. The van der Waals surface area contributed by atoms with Gasteiger partial charge in [0.25, 0.3) is 0 Å². The zero-order valence-electron chi connectivity index (χ0n) is 15.4. The van der Waals surface area contributed by atoms with Crippen molar-refractivity contribution in [2.45, 2.75) is 13.3 Å². The third-order valence-electron chi connectivity index (χ3n) is 3.65. The molecule has 0 aliphatic heterocycles. The van der Waals surface area contributed by atoms with Crippen LogP contribution in [0.5, 0.6) is 0 Å².